The van der Waals surface area contributed by atoms with Crippen molar-refractivity contribution in [2.75, 3.05) is 11.4 Å². The number of pyridine rings is 1. The number of alkyl halides is 3. The highest BCUT2D eigenvalue weighted by molar-refractivity contribution is 5.87. The summed E-state index contributed by atoms with van der Waals surface area (Å²) in [6.45, 7) is 5.89. The number of hydrogen-bond donors (Lipinski definition) is 1. The standard InChI is InChI=1S/C26H26F3N2O/c1-2-18-16-22(21-14-9-15-23(25(21)30-18)26(27,28)29)24(32)17-31(19-10-5-3-6-11-19)20-12-7-4-8-13-20/h1-3,5-6,9-11,14-16,20,24,32H,4,7-8,12-13,17H2/q+1. The fourth-order valence-corrected chi connectivity index (χ4v) is 4.65. The summed E-state index contributed by atoms with van der Waals surface area (Å²) in [5.41, 5.74) is 0.566. The van der Waals surface area contributed by atoms with Gasteiger partial charge in [-0.3, -0.25) is 0 Å². The summed E-state index contributed by atoms with van der Waals surface area (Å²) in [6, 6.07) is 15.7. The zero-order chi connectivity index (χ0) is 22.7. The van der Waals surface area contributed by atoms with E-state index in [0.717, 1.165) is 37.4 Å². The fraction of sp³-hybridized carbons (Fsp3) is 0.346. The number of hydrogen-bond acceptors (Lipinski definition) is 3. The van der Waals surface area contributed by atoms with E-state index < -0.39 is 17.8 Å². The Kier molecular flexibility index (Phi) is 6.45. The van der Waals surface area contributed by atoms with E-state index in [9.17, 15) is 18.3 Å². The minimum absolute atomic E-state index is 0.197. The molecule has 0 aliphatic heterocycles. The van der Waals surface area contributed by atoms with Crippen LogP contribution in [0.3, 0.4) is 0 Å². The Bertz CT molecular complexity index is 1080. The lowest BCUT2D eigenvalue weighted by Crippen LogP contribution is -2.39. The minimum atomic E-state index is -4.56. The smallest absolute Gasteiger partial charge is 0.386 e. The van der Waals surface area contributed by atoms with E-state index in [0.29, 0.717) is 5.56 Å². The molecule has 32 heavy (non-hydrogen) atoms. The van der Waals surface area contributed by atoms with E-state index >= 15 is 0 Å². The first-order valence-electron chi connectivity index (χ1n) is 10.9. The third-order valence-electron chi connectivity index (χ3n) is 6.20. The molecule has 0 spiro atoms. The molecule has 0 radical (unpaired) electrons. The molecule has 6 heteroatoms. The summed E-state index contributed by atoms with van der Waals surface area (Å²) in [5.74, 6) is 0. The van der Waals surface area contributed by atoms with Gasteiger partial charge >= 0.3 is 6.18 Å². The SMILES string of the molecule is [CH+]=Cc1cc(C(O)CN(c2ccccc2)C2CCCCC2)c2cccc(C(F)(F)F)c2n1. The van der Waals surface area contributed by atoms with Gasteiger partial charge < -0.3 is 10.0 Å². The lowest BCUT2D eigenvalue weighted by molar-refractivity contribution is -0.136. The summed E-state index contributed by atoms with van der Waals surface area (Å²) in [4.78, 5) is 6.30. The Morgan fingerprint density at radius 1 is 1.06 bits per heavy atom. The number of benzene rings is 2. The van der Waals surface area contributed by atoms with Gasteiger partial charge in [0.2, 0.25) is 5.69 Å². The first-order valence-corrected chi connectivity index (χ1v) is 10.9. The number of para-hydroxylation sites is 2. The summed E-state index contributed by atoms with van der Waals surface area (Å²) >= 11 is 0. The number of rotatable bonds is 6. The zero-order valence-corrected chi connectivity index (χ0v) is 17.7. The van der Waals surface area contributed by atoms with Gasteiger partial charge in [0, 0.05) is 29.2 Å². The number of aromatic nitrogens is 1. The molecule has 0 amide bonds. The molecular formula is C26H26F3N2O+. The second-order valence-corrected chi connectivity index (χ2v) is 8.30. The number of fused-ring (bicyclic) bond motifs is 1. The first kappa shape index (κ1) is 22.3. The Hall–Kier alpha value is -2.95. The molecule has 3 nitrogen and oxygen atoms in total. The Morgan fingerprint density at radius 3 is 2.44 bits per heavy atom. The molecule has 1 saturated carbocycles. The molecule has 166 valence electrons. The number of halogens is 3. The van der Waals surface area contributed by atoms with E-state index in [1.807, 2.05) is 30.3 Å². The first-order chi connectivity index (χ1) is 15.4. The largest absolute Gasteiger partial charge is 0.418 e. The van der Waals surface area contributed by atoms with Crippen LogP contribution in [0, 0.1) is 6.58 Å². The minimum Gasteiger partial charge on any atom is -0.386 e. The molecule has 1 atom stereocenters. The van der Waals surface area contributed by atoms with Crippen molar-refractivity contribution in [3.8, 4) is 0 Å². The topological polar surface area (TPSA) is 36.4 Å². The van der Waals surface area contributed by atoms with Gasteiger partial charge in [-0.05, 0) is 31.0 Å². The second kappa shape index (κ2) is 9.27. The molecular weight excluding hydrogens is 413 g/mol. The molecule has 3 aromatic rings. The van der Waals surface area contributed by atoms with Crippen LogP contribution in [-0.2, 0) is 6.18 Å². The number of aliphatic hydroxyl groups is 1. The van der Waals surface area contributed by atoms with Crippen LogP contribution in [0.4, 0.5) is 18.9 Å². The van der Waals surface area contributed by atoms with Gasteiger partial charge in [0.1, 0.15) is 5.52 Å². The maximum absolute atomic E-state index is 13.6. The van der Waals surface area contributed by atoms with Gasteiger partial charge in [-0.2, -0.15) is 18.2 Å². The molecule has 2 aromatic carbocycles. The number of nitrogens with zero attached hydrogens (tertiary/aromatic N) is 2. The van der Waals surface area contributed by atoms with Crippen molar-refractivity contribution in [2.24, 2.45) is 0 Å². The van der Waals surface area contributed by atoms with E-state index in [1.54, 1.807) is 12.1 Å². The molecule has 1 aliphatic carbocycles. The summed E-state index contributed by atoms with van der Waals surface area (Å²) in [6.07, 6.45) is 1.11. The van der Waals surface area contributed by atoms with E-state index in [4.69, 9.17) is 6.58 Å². The lowest BCUT2D eigenvalue weighted by atomic mass is 9.92. The monoisotopic (exact) mass is 439 g/mol. The summed E-state index contributed by atoms with van der Waals surface area (Å²) < 4.78 is 40.8. The Balaban J connectivity index is 1.76. The number of aliphatic hydroxyl groups excluding tert-OH is 1. The van der Waals surface area contributed by atoms with Crippen molar-refractivity contribution < 1.29 is 18.3 Å². The summed E-state index contributed by atoms with van der Waals surface area (Å²) in [5, 5.41) is 11.6. The van der Waals surface area contributed by atoms with Crippen molar-refractivity contribution in [1.29, 1.82) is 0 Å². The van der Waals surface area contributed by atoms with Gasteiger partial charge in [0.15, 0.2) is 6.08 Å². The third-order valence-corrected chi connectivity index (χ3v) is 6.20. The zero-order valence-electron chi connectivity index (χ0n) is 17.7. The molecule has 1 aliphatic rings. The van der Waals surface area contributed by atoms with Gasteiger partial charge in [0.25, 0.3) is 0 Å². The number of anilines is 1. The molecule has 1 fully saturated rings. The molecule has 4 rings (SSSR count). The van der Waals surface area contributed by atoms with Crippen molar-refractivity contribution in [3.05, 3.63) is 78.0 Å². The average Bonchev–Trinajstić information content (AvgIpc) is 2.81. The third kappa shape index (κ3) is 4.62. The molecule has 1 unspecified atom stereocenters. The van der Waals surface area contributed by atoms with Crippen LogP contribution in [0.25, 0.3) is 17.0 Å². The van der Waals surface area contributed by atoms with E-state index in [1.165, 1.54) is 18.6 Å². The normalized spacial score (nSPS) is 16.1. The quantitative estimate of drug-likeness (QED) is 0.441. The molecule has 0 saturated heterocycles. The van der Waals surface area contributed by atoms with Crippen molar-refractivity contribution in [1.82, 2.24) is 4.98 Å². The second-order valence-electron chi connectivity index (χ2n) is 8.30. The van der Waals surface area contributed by atoms with E-state index in [2.05, 4.69) is 9.88 Å². The molecule has 1 heterocycles. The Morgan fingerprint density at radius 2 is 1.78 bits per heavy atom. The molecule has 1 aromatic heterocycles. The molecule has 1 N–H and O–H groups in total. The van der Waals surface area contributed by atoms with Crippen LogP contribution in [0.1, 0.15) is 55.0 Å². The van der Waals surface area contributed by atoms with Gasteiger partial charge in [-0.25, -0.2) is 0 Å². The van der Waals surface area contributed by atoms with Crippen molar-refractivity contribution in [2.45, 2.75) is 50.4 Å². The maximum atomic E-state index is 13.6. The Labute approximate surface area is 186 Å². The highest BCUT2D eigenvalue weighted by Gasteiger charge is 2.35. The summed E-state index contributed by atoms with van der Waals surface area (Å²) in [7, 11) is 0. The predicted molar refractivity (Wildman–Crippen MR) is 121 cm³/mol. The van der Waals surface area contributed by atoms with Crippen LogP contribution < -0.4 is 4.90 Å². The van der Waals surface area contributed by atoms with Crippen LogP contribution in [0.15, 0.2) is 54.6 Å². The van der Waals surface area contributed by atoms with Crippen LogP contribution in [-0.4, -0.2) is 22.7 Å². The van der Waals surface area contributed by atoms with Crippen LogP contribution in [0.5, 0.6) is 0 Å². The van der Waals surface area contributed by atoms with Crippen LogP contribution >= 0.6 is 0 Å². The lowest BCUT2D eigenvalue weighted by Gasteiger charge is -2.37. The maximum Gasteiger partial charge on any atom is 0.418 e. The van der Waals surface area contributed by atoms with E-state index in [-0.39, 0.29) is 29.2 Å². The van der Waals surface area contributed by atoms with Crippen LogP contribution in [0.2, 0.25) is 0 Å². The van der Waals surface area contributed by atoms with Gasteiger partial charge in [-0.15, -0.1) is 0 Å². The van der Waals surface area contributed by atoms with Gasteiger partial charge in [-0.1, -0.05) is 49.6 Å². The predicted octanol–water partition coefficient (Wildman–Crippen LogP) is 6.57. The average molecular weight is 440 g/mol. The van der Waals surface area contributed by atoms with Gasteiger partial charge in [0.05, 0.1) is 24.3 Å². The van der Waals surface area contributed by atoms with Crippen molar-refractivity contribution >= 4 is 22.7 Å². The fourth-order valence-electron chi connectivity index (χ4n) is 4.65. The highest BCUT2D eigenvalue weighted by Crippen LogP contribution is 2.37. The molecule has 0 bridgehead atoms. The van der Waals surface area contributed by atoms with Crippen molar-refractivity contribution in [3.63, 3.8) is 0 Å². The highest BCUT2D eigenvalue weighted by atomic mass is 19.4.